The van der Waals surface area contributed by atoms with Gasteiger partial charge in [0.15, 0.2) is 0 Å². The standard InChI is InChI=1S/C15H14Cl3NO/c1-8-4-11(8)14-3-2-10(20-14)7-19-15-12(17)5-9(16)6-13(15)18/h2-3,5-6,8,11,19H,4,7H2,1H3. The molecule has 2 nitrogen and oxygen atoms in total. The zero-order valence-electron chi connectivity index (χ0n) is 10.9. The molecule has 0 saturated heterocycles. The molecule has 106 valence electrons. The summed E-state index contributed by atoms with van der Waals surface area (Å²) < 4.78 is 5.83. The molecule has 1 aromatic heterocycles. The van der Waals surface area contributed by atoms with Gasteiger partial charge in [-0.25, -0.2) is 0 Å². The molecule has 0 radical (unpaired) electrons. The van der Waals surface area contributed by atoms with Crippen molar-refractivity contribution in [1.29, 1.82) is 0 Å². The monoisotopic (exact) mass is 329 g/mol. The molecule has 1 heterocycles. The number of halogens is 3. The van der Waals surface area contributed by atoms with Crippen LogP contribution in [0.3, 0.4) is 0 Å². The van der Waals surface area contributed by atoms with Crippen molar-refractivity contribution in [3.63, 3.8) is 0 Å². The van der Waals surface area contributed by atoms with Gasteiger partial charge in [0.1, 0.15) is 11.5 Å². The molecule has 1 aliphatic rings. The highest BCUT2D eigenvalue weighted by Crippen LogP contribution is 2.47. The molecule has 0 aliphatic heterocycles. The van der Waals surface area contributed by atoms with Crippen LogP contribution >= 0.6 is 34.8 Å². The van der Waals surface area contributed by atoms with E-state index in [1.165, 1.54) is 6.42 Å². The first-order chi connectivity index (χ1) is 9.54. The Hall–Kier alpha value is -0.830. The van der Waals surface area contributed by atoms with Crippen LogP contribution in [0.1, 0.15) is 30.8 Å². The molecule has 1 saturated carbocycles. The van der Waals surface area contributed by atoms with Gasteiger partial charge in [0.05, 0.1) is 22.3 Å². The Balaban J connectivity index is 1.69. The molecule has 3 rings (SSSR count). The second-order valence-corrected chi connectivity index (χ2v) is 6.47. The van der Waals surface area contributed by atoms with Gasteiger partial charge in [-0.1, -0.05) is 41.7 Å². The van der Waals surface area contributed by atoms with Gasteiger partial charge in [-0.15, -0.1) is 0 Å². The van der Waals surface area contributed by atoms with Crippen molar-refractivity contribution in [1.82, 2.24) is 0 Å². The molecule has 0 amide bonds. The minimum absolute atomic E-state index is 0.505. The van der Waals surface area contributed by atoms with E-state index in [1.807, 2.05) is 6.07 Å². The molecule has 1 aliphatic carbocycles. The molecule has 2 atom stereocenters. The zero-order chi connectivity index (χ0) is 14.3. The minimum Gasteiger partial charge on any atom is -0.464 e. The number of furan rings is 1. The molecular formula is C15H14Cl3NO. The SMILES string of the molecule is CC1CC1c1ccc(CNc2c(Cl)cc(Cl)cc2Cl)o1. The van der Waals surface area contributed by atoms with Gasteiger partial charge in [-0.3, -0.25) is 0 Å². The number of rotatable bonds is 4. The Morgan fingerprint density at radius 2 is 1.85 bits per heavy atom. The van der Waals surface area contributed by atoms with Crippen LogP contribution in [0.2, 0.25) is 15.1 Å². The minimum atomic E-state index is 0.505. The van der Waals surface area contributed by atoms with Crippen molar-refractivity contribution in [2.75, 3.05) is 5.32 Å². The van der Waals surface area contributed by atoms with E-state index in [4.69, 9.17) is 39.2 Å². The van der Waals surface area contributed by atoms with E-state index < -0.39 is 0 Å². The van der Waals surface area contributed by atoms with E-state index in [0.29, 0.717) is 33.2 Å². The van der Waals surface area contributed by atoms with Crippen LogP contribution in [0.4, 0.5) is 5.69 Å². The molecule has 2 unspecified atom stereocenters. The number of hydrogen-bond donors (Lipinski definition) is 1. The third kappa shape index (κ3) is 2.93. The van der Waals surface area contributed by atoms with Crippen molar-refractivity contribution >= 4 is 40.5 Å². The summed E-state index contributed by atoms with van der Waals surface area (Å²) in [6.07, 6.45) is 1.22. The molecule has 20 heavy (non-hydrogen) atoms. The molecule has 1 N–H and O–H groups in total. The summed E-state index contributed by atoms with van der Waals surface area (Å²) in [4.78, 5) is 0. The Kier molecular flexibility index (Phi) is 3.89. The molecule has 0 spiro atoms. The van der Waals surface area contributed by atoms with Crippen molar-refractivity contribution in [2.24, 2.45) is 5.92 Å². The number of hydrogen-bond acceptors (Lipinski definition) is 2. The van der Waals surface area contributed by atoms with Crippen LogP contribution in [0.25, 0.3) is 0 Å². The third-order valence-corrected chi connectivity index (χ3v) is 4.42. The Bertz CT molecular complexity index is 615. The fourth-order valence-electron chi connectivity index (χ4n) is 2.29. The van der Waals surface area contributed by atoms with Gasteiger partial charge in [0.2, 0.25) is 0 Å². The average Bonchev–Trinajstić information content (AvgIpc) is 2.92. The molecule has 5 heteroatoms. The van der Waals surface area contributed by atoms with E-state index >= 15 is 0 Å². The molecular weight excluding hydrogens is 317 g/mol. The van der Waals surface area contributed by atoms with Crippen molar-refractivity contribution in [3.8, 4) is 0 Å². The molecule has 1 fully saturated rings. The maximum atomic E-state index is 6.12. The summed E-state index contributed by atoms with van der Waals surface area (Å²) in [5.41, 5.74) is 0.676. The van der Waals surface area contributed by atoms with Gasteiger partial charge < -0.3 is 9.73 Å². The van der Waals surface area contributed by atoms with Crippen LogP contribution in [0, 0.1) is 5.92 Å². The predicted molar refractivity (Wildman–Crippen MR) is 84.0 cm³/mol. The maximum absolute atomic E-state index is 6.12. The Morgan fingerprint density at radius 3 is 2.45 bits per heavy atom. The fraction of sp³-hybridized carbons (Fsp3) is 0.333. The predicted octanol–water partition coefficient (Wildman–Crippen LogP) is 5.98. The number of anilines is 1. The normalized spacial score (nSPS) is 21.0. The van der Waals surface area contributed by atoms with E-state index in [0.717, 1.165) is 17.4 Å². The quantitative estimate of drug-likeness (QED) is 0.746. The maximum Gasteiger partial charge on any atom is 0.123 e. The zero-order valence-corrected chi connectivity index (χ0v) is 13.2. The van der Waals surface area contributed by atoms with Gasteiger partial charge >= 0.3 is 0 Å². The largest absolute Gasteiger partial charge is 0.464 e. The lowest BCUT2D eigenvalue weighted by molar-refractivity contribution is 0.468. The van der Waals surface area contributed by atoms with Crippen molar-refractivity contribution in [3.05, 3.63) is 50.9 Å². The van der Waals surface area contributed by atoms with Crippen molar-refractivity contribution in [2.45, 2.75) is 25.8 Å². The summed E-state index contributed by atoms with van der Waals surface area (Å²) in [6, 6.07) is 7.37. The Morgan fingerprint density at radius 1 is 1.20 bits per heavy atom. The fourth-order valence-corrected chi connectivity index (χ4v) is 3.24. The van der Waals surface area contributed by atoms with Crippen molar-refractivity contribution < 1.29 is 4.42 Å². The van der Waals surface area contributed by atoms with Gasteiger partial charge in [0, 0.05) is 10.9 Å². The summed E-state index contributed by atoms with van der Waals surface area (Å²) in [7, 11) is 0. The first-order valence-electron chi connectivity index (χ1n) is 6.51. The Labute approximate surface area is 133 Å². The topological polar surface area (TPSA) is 25.2 Å². The number of nitrogens with one attached hydrogen (secondary N) is 1. The average molecular weight is 331 g/mol. The molecule has 1 aromatic carbocycles. The van der Waals surface area contributed by atoms with Gasteiger partial charge in [-0.05, 0) is 36.6 Å². The van der Waals surface area contributed by atoms with Crippen LogP contribution in [-0.4, -0.2) is 0 Å². The molecule has 2 aromatic rings. The highest BCUT2D eigenvalue weighted by Gasteiger charge is 2.36. The first kappa shape index (κ1) is 14.1. The lowest BCUT2D eigenvalue weighted by atomic mass is 10.3. The van der Waals surface area contributed by atoms with Crippen LogP contribution < -0.4 is 5.32 Å². The first-order valence-corrected chi connectivity index (χ1v) is 7.65. The highest BCUT2D eigenvalue weighted by molar-refractivity contribution is 6.41. The molecule has 0 bridgehead atoms. The summed E-state index contributed by atoms with van der Waals surface area (Å²) >= 11 is 18.1. The third-order valence-electron chi connectivity index (χ3n) is 3.60. The summed E-state index contributed by atoms with van der Waals surface area (Å²) in [5, 5.41) is 4.72. The van der Waals surface area contributed by atoms with E-state index in [1.54, 1.807) is 12.1 Å². The highest BCUT2D eigenvalue weighted by atomic mass is 35.5. The summed E-state index contributed by atoms with van der Waals surface area (Å²) in [6.45, 7) is 2.78. The van der Waals surface area contributed by atoms with Crippen LogP contribution in [-0.2, 0) is 6.54 Å². The second-order valence-electron chi connectivity index (χ2n) is 5.22. The number of benzene rings is 1. The second kappa shape index (κ2) is 5.51. The van der Waals surface area contributed by atoms with Crippen LogP contribution in [0.15, 0.2) is 28.7 Å². The smallest absolute Gasteiger partial charge is 0.123 e. The van der Waals surface area contributed by atoms with Gasteiger partial charge in [0.25, 0.3) is 0 Å². The lowest BCUT2D eigenvalue weighted by Gasteiger charge is -2.09. The van der Waals surface area contributed by atoms with E-state index in [-0.39, 0.29) is 0 Å². The van der Waals surface area contributed by atoms with Crippen LogP contribution in [0.5, 0.6) is 0 Å². The van der Waals surface area contributed by atoms with Gasteiger partial charge in [-0.2, -0.15) is 0 Å². The lowest BCUT2D eigenvalue weighted by Crippen LogP contribution is -1.99. The van der Waals surface area contributed by atoms with E-state index in [2.05, 4.69) is 18.3 Å². The summed E-state index contributed by atoms with van der Waals surface area (Å²) in [5.74, 6) is 3.28. The van der Waals surface area contributed by atoms with E-state index in [9.17, 15) is 0 Å².